The van der Waals surface area contributed by atoms with E-state index in [1.807, 2.05) is 48.7 Å². The van der Waals surface area contributed by atoms with Crippen molar-refractivity contribution in [2.24, 2.45) is 0 Å². The molecule has 0 spiro atoms. The van der Waals surface area contributed by atoms with Crippen molar-refractivity contribution in [3.05, 3.63) is 54.1 Å². The number of nitrogens with zero attached hydrogens (tertiary/aromatic N) is 2. The van der Waals surface area contributed by atoms with Gasteiger partial charge in [0.15, 0.2) is 0 Å². The van der Waals surface area contributed by atoms with E-state index in [0.29, 0.717) is 18.7 Å². The summed E-state index contributed by atoms with van der Waals surface area (Å²) in [7, 11) is 1.63. The van der Waals surface area contributed by atoms with Gasteiger partial charge in [0.2, 0.25) is 0 Å². The lowest BCUT2D eigenvalue weighted by Gasteiger charge is -2.18. The van der Waals surface area contributed by atoms with Crippen molar-refractivity contribution >= 4 is 5.97 Å². The fourth-order valence-corrected chi connectivity index (χ4v) is 2.25. The SMILES string of the molecule is COCCC(C)OC(=O)c1cncn1[C@H](C)c1ccccc1. The molecule has 2 atom stereocenters. The molecule has 0 amide bonds. The van der Waals surface area contributed by atoms with Gasteiger partial charge >= 0.3 is 5.97 Å². The number of imidazole rings is 1. The van der Waals surface area contributed by atoms with Gasteiger partial charge < -0.3 is 14.0 Å². The van der Waals surface area contributed by atoms with Crippen LogP contribution in [0, 0.1) is 0 Å². The van der Waals surface area contributed by atoms with Crippen LogP contribution in [0.3, 0.4) is 0 Å². The van der Waals surface area contributed by atoms with Crippen LogP contribution in [0.15, 0.2) is 42.9 Å². The Kier molecular flexibility index (Phi) is 5.72. The van der Waals surface area contributed by atoms with Gasteiger partial charge in [0.25, 0.3) is 0 Å². The van der Waals surface area contributed by atoms with Gasteiger partial charge in [0.05, 0.1) is 18.6 Å². The molecular formula is C17H22N2O3. The molecule has 0 aliphatic heterocycles. The van der Waals surface area contributed by atoms with Crippen LogP contribution in [0.5, 0.6) is 0 Å². The Labute approximate surface area is 130 Å². The predicted molar refractivity (Wildman–Crippen MR) is 83.9 cm³/mol. The molecule has 5 heteroatoms. The lowest BCUT2D eigenvalue weighted by molar-refractivity contribution is 0.0254. The van der Waals surface area contributed by atoms with E-state index >= 15 is 0 Å². The topological polar surface area (TPSA) is 53.4 Å². The largest absolute Gasteiger partial charge is 0.458 e. The summed E-state index contributed by atoms with van der Waals surface area (Å²) in [5, 5.41) is 0. The molecule has 2 rings (SSSR count). The lowest BCUT2D eigenvalue weighted by Crippen LogP contribution is -2.20. The molecular weight excluding hydrogens is 280 g/mol. The van der Waals surface area contributed by atoms with Crippen LogP contribution < -0.4 is 0 Å². The van der Waals surface area contributed by atoms with Crippen molar-refractivity contribution in [1.29, 1.82) is 0 Å². The average Bonchev–Trinajstić information content (AvgIpc) is 3.02. The zero-order chi connectivity index (χ0) is 15.9. The average molecular weight is 302 g/mol. The summed E-state index contributed by atoms with van der Waals surface area (Å²) in [5.41, 5.74) is 1.57. The van der Waals surface area contributed by atoms with E-state index < -0.39 is 0 Å². The quantitative estimate of drug-likeness (QED) is 0.738. The molecule has 0 fully saturated rings. The van der Waals surface area contributed by atoms with Gasteiger partial charge in [-0.2, -0.15) is 0 Å². The molecule has 0 radical (unpaired) electrons. The van der Waals surface area contributed by atoms with E-state index in [-0.39, 0.29) is 18.1 Å². The molecule has 2 aromatic rings. The first-order valence-electron chi connectivity index (χ1n) is 7.40. The molecule has 0 saturated carbocycles. The highest BCUT2D eigenvalue weighted by molar-refractivity contribution is 5.87. The van der Waals surface area contributed by atoms with Crippen molar-refractivity contribution in [3.63, 3.8) is 0 Å². The number of hydrogen-bond donors (Lipinski definition) is 0. The van der Waals surface area contributed by atoms with Crippen LogP contribution in [0.1, 0.15) is 42.4 Å². The molecule has 0 bridgehead atoms. The Morgan fingerprint density at radius 3 is 2.68 bits per heavy atom. The summed E-state index contributed by atoms with van der Waals surface area (Å²) in [6.45, 7) is 4.45. The number of hydrogen-bond acceptors (Lipinski definition) is 4. The summed E-state index contributed by atoms with van der Waals surface area (Å²) in [6.07, 6.45) is 3.69. The Balaban J connectivity index is 2.10. The Hall–Kier alpha value is -2.14. The van der Waals surface area contributed by atoms with E-state index in [1.54, 1.807) is 19.6 Å². The number of ether oxygens (including phenoxy) is 2. The Morgan fingerprint density at radius 2 is 2.00 bits per heavy atom. The van der Waals surface area contributed by atoms with E-state index in [2.05, 4.69) is 4.98 Å². The van der Waals surface area contributed by atoms with Gasteiger partial charge in [-0.3, -0.25) is 0 Å². The summed E-state index contributed by atoms with van der Waals surface area (Å²) in [5.74, 6) is -0.358. The third kappa shape index (κ3) is 3.95. The molecule has 5 nitrogen and oxygen atoms in total. The molecule has 0 saturated heterocycles. The highest BCUT2D eigenvalue weighted by atomic mass is 16.5. The van der Waals surface area contributed by atoms with Gasteiger partial charge in [0, 0.05) is 20.1 Å². The molecule has 118 valence electrons. The summed E-state index contributed by atoms with van der Waals surface area (Å²) in [6, 6.07) is 10.0. The number of aromatic nitrogens is 2. The third-order valence-electron chi connectivity index (χ3n) is 3.61. The van der Waals surface area contributed by atoms with Crippen molar-refractivity contribution in [1.82, 2.24) is 9.55 Å². The van der Waals surface area contributed by atoms with E-state index in [0.717, 1.165) is 5.56 Å². The van der Waals surface area contributed by atoms with Crippen molar-refractivity contribution in [3.8, 4) is 0 Å². The summed E-state index contributed by atoms with van der Waals surface area (Å²) in [4.78, 5) is 16.4. The first-order chi connectivity index (χ1) is 10.6. The van der Waals surface area contributed by atoms with Gasteiger partial charge in [-0.05, 0) is 19.4 Å². The van der Waals surface area contributed by atoms with Crippen molar-refractivity contribution in [2.75, 3.05) is 13.7 Å². The number of methoxy groups -OCH3 is 1. The van der Waals surface area contributed by atoms with Crippen molar-refractivity contribution in [2.45, 2.75) is 32.4 Å². The third-order valence-corrected chi connectivity index (χ3v) is 3.61. The maximum absolute atomic E-state index is 12.3. The van der Waals surface area contributed by atoms with E-state index in [4.69, 9.17) is 9.47 Å². The second-order valence-corrected chi connectivity index (χ2v) is 5.27. The van der Waals surface area contributed by atoms with Gasteiger partial charge in [-0.15, -0.1) is 0 Å². The number of esters is 1. The van der Waals surface area contributed by atoms with E-state index in [1.165, 1.54) is 0 Å². The van der Waals surface area contributed by atoms with Crippen molar-refractivity contribution < 1.29 is 14.3 Å². The van der Waals surface area contributed by atoms with Crippen LogP contribution in [0.25, 0.3) is 0 Å². The molecule has 22 heavy (non-hydrogen) atoms. The maximum atomic E-state index is 12.3. The minimum Gasteiger partial charge on any atom is -0.458 e. The molecule has 1 unspecified atom stereocenters. The summed E-state index contributed by atoms with van der Waals surface area (Å²) >= 11 is 0. The van der Waals surface area contributed by atoms with Gasteiger partial charge in [-0.1, -0.05) is 30.3 Å². The molecule has 0 aliphatic rings. The minimum atomic E-state index is -0.358. The van der Waals surface area contributed by atoms with E-state index in [9.17, 15) is 4.79 Å². The maximum Gasteiger partial charge on any atom is 0.356 e. The monoisotopic (exact) mass is 302 g/mol. The highest BCUT2D eigenvalue weighted by Gasteiger charge is 2.20. The standard InChI is InChI=1S/C17H22N2O3/c1-13(9-10-21-3)22-17(20)16-11-18-12-19(16)14(2)15-7-5-4-6-8-15/h4-8,11-14H,9-10H2,1-3H3/t13?,14-/m1/s1. The number of carbonyl (C=O) groups excluding carboxylic acids is 1. The van der Waals surface area contributed by atoms with Crippen LogP contribution in [-0.4, -0.2) is 35.3 Å². The summed E-state index contributed by atoms with van der Waals surface area (Å²) < 4.78 is 12.3. The first kappa shape index (κ1) is 16.2. The number of carbonyl (C=O) groups is 1. The Bertz CT molecular complexity index is 595. The van der Waals surface area contributed by atoms with Crippen LogP contribution in [0.4, 0.5) is 0 Å². The molecule has 1 aromatic heterocycles. The second kappa shape index (κ2) is 7.75. The van der Waals surface area contributed by atoms with Gasteiger partial charge in [0.1, 0.15) is 11.8 Å². The Morgan fingerprint density at radius 1 is 1.27 bits per heavy atom. The zero-order valence-corrected chi connectivity index (χ0v) is 13.2. The van der Waals surface area contributed by atoms with Crippen LogP contribution in [-0.2, 0) is 9.47 Å². The smallest absolute Gasteiger partial charge is 0.356 e. The molecule has 0 aliphatic carbocycles. The predicted octanol–water partition coefficient (Wildman–Crippen LogP) is 3.07. The lowest BCUT2D eigenvalue weighted by atomic mass is 10.1. The zero-order valence-electron chi connectivity index (χ0n) is 13.2. The van der Waals surface area contributed by atoms with Gasteiger partial charge in [-0.25, -0.2) is 9.78 Å². The fraction of sp³-hybridized carbons (Fsp3) is 0.412. The molecule has 0 N–H and O–H groups in total. The molecule has 1 heterocycles. The van der Waals surface area contributed by atoms with Crippen LogP contribution in [0.2, 0.25) is 0 Å². The number of benzene rings is 1. The second-order valence-electron chi connectivity index (χ2n) is 5.27. The fourth-order valence-electron chi connectivity index (χ4n) is 2.25. The number of rotatable bonds is 7. The highest BCUT2D eigenvalue weighted by Crippen LogP contribution is 2.20. The first-order valence-corrected chi connectivity index (χ1v) is 7.40. The molecule has 1 aromatic carbocycles. The van der Waals surface area contributed by atoms with Crippen LogP contribution >= 0.6 is 0 Å². The normalized spacial score (nSPS) is 13.6. The minimum absolute atomic E-state index is 0.0144.